The summed E-state index contributed by atoms with van der Waals surface area (Å²) in [5, 5.41) is 7.43. The summed E-state index contributed by atoms with van der Waals surface area (Å²) in [7, 11) is 0. The zero-order valence-electron chi connectivity index (χ0n) is 17.9. The third-order valence-corrected chi connectivity index (χ3v) is 5.20. The van der Waals surface area contributed by atoms with E-state index in [1.54, 1.807) is 47.2 Å². The number of imidazole rings is 1. The van der Waals surface area contributed by atoms with Crippen molar-refractivity contribution in [3.05, 3.63) is 60.3 Å². The van der Waals surface area contributed by atoms with Crippen LogP contribution in [0.2, 0.25) is 0 Å². The first kappa shape index (κ1) is 20.9. The smallest absolute Gasteiger partial charge is 0.274 e. The van der Waals surface area contributed by atoms with Crippen LogP contribution in [0.4, 0.5) is 11.6 Å². The highest BCUT2D eigenvalue weighted by Gasteiger charge is 2.17. The van der Waals surface area contributed by atoms with Crippen LogP contribution in [0.25, 0.3) is 17.0 Å². The van der Waals surface area contributed by atoms with Crippen LogP contribution in [0.5, 0.6) is 0 Å². The minimum atomic E-state index is -0.393. The van der Waals surface area contributed by atoms with Crippen molar-refractivity contribution in [2.45, 2.75) is 32.5 Å². The molecule has 168 valence electrons. The summed E-state index contributed by atoms with van der Waals surface area (Å²) in [6.45, 7) is 2.54. The lowest BCUT2D eigenvalue weighted by Gasteiger charge is -2.22. The van der Waals surface area contributed by atoms with Crippen LogP contribution in [0.1, 0.15) is 35.3 Å². The molecule has 1 amide bonds. The fourth-order valence-corrected chi connectivity index (χ4v) is 3.58. The van der Waals surface area contributed by atoms with E-state index >= 15 is 0 Å². The highest BCUT2D eigenvalue weighted by molar-refractivity contribution is 5.93. The van der Waals surface area contributed by atoms with Gasteiger partial charge in [0.15, 0.2) is 11.9 Å². The van der Waals surface area contributed by atoms with Gasteiger partial charge in [-0.2, -0.15) is 5.10 Å². The summed E-state index contributed by atoms with van der Waals surface area (Å²) in [5.41, 5.74) is 6.53. The lowest BCUT2D eigenvalue weighted by molar-refractivity contribution is -0.186. The molecule has 1 fully saturated rings. The SMILES string of the molecule is Cc1nc2cncnn2c1-c1ccnc(Nc2ccc(C(=O)NOC3CCCCO3)cc2)n1. The van der Waals surface area contributed by atoms with Gasteiger partial charge >= 0.3 is 0 Å². The molecule has 1 aliphatic rings. The lowest BCUT2D eigenvalue weighted by atomic mass is 10.2. The molecule has 0 radical (unpaired) electrons. The minimum Gasteiger partial charge on any atom is -0.350 e. The molecule has 4 heterocycles. The number of hydrogen-bond donors (Lipinski definition) is 2. The largest absolute Gasteiger partial charge is 0.350 e. The Morgan fingerprint density at radius 3 is 2.88 bits per heavy atom. The van der Waals surface area contributed by atoms with Crippen LogP contribution in [0.3, 0.4) is 0 Å². The van der Waals surface area contributed by atoms with Gasteiger partial charge in [0.25, 0.3) is 5.91 Å². The summed E-state index contributed by atoms with van der Waals surface area (Å²) in [5.74, 6) is 0.0740. The van der Waals surface area contributed by atoms with Gasteiger partial charge in [0.2, 0.25) is 5.95 Å². The molecule has 3 aromatic heterocycles. The molecule has 0 saturated carbocycles. The summed E-state index contributed by atoms with van der Waals surface area (Å²) >= 11 is 0. The number of amides is 1. The number of rotatable bonds is 6. The normalized spacial score (nSPS) is 16.0. The van der Waals surface area contributed by atoms with Crippen molar-refractivity contribution in [1.82, 2.24) is 35.0 Å². The number of carbonyl (C=O) groups is 1. The van der Waals surface area contributed by atoms with Gasteiger partial charge in [0.05, 0.1) is 17.6 Å². The molecule has 1 aromatic carbocycles. The van der Waals surface area contributed by atoms with Crippen LogP contribution in [0.15, 0.2) is 49.1 Å². The van der Waals surface area contributed by atoms with E-state index in [1.165, 1.54) is 6.33 Å². The van der Waals surface area contributed by atoms with Crippen molar-refractivity contribution >= 4 is 23.2 Å². The number of nitrogens with one attached hydrogen (secondary N) is 2. The minimum absolute atomic E-state index is 0.334. The quantitative estimate of drug-likeness (QED) is 0.430. The first-order chi connectivity index (χ1) is 16.2. The number of nitrogens with zero attached hydrogens (tertiary/aromatic N) is 6. The molecule has 0 bridgehead atoms. The number of benzene rings is 1. The summed E-state index contributed by atoms with van der Waals surface area (Å²) in [6, 6.07) is 8.73. The average molecular weight is 446 g/mol. The maximum Gasteiger partial charge on any atom is 0.274 e. The van der Waals surface area contributed by atoms with Crippen molar-refractivity contribution in [2.75, 3.05) is 11.9 Å². The van der Waals surface area contributed by atoms with E-state index in [2.05, 4.69) is 35.8 Å². The maximum atomic E-state index is 12.3. The van der Waals surface area contributed by atoms with Gasteiger partial charge in [-0.15, -0.1) is 0 Å². The number of carbonyl (C=O) groups excluding carboxylic acids is 1. The van der Waals surface area contributed by atoms with Crippen molar-refractivity contribution in [1.29, 1.82) is 0 Å². The number of fused-ring (bicyclic) bond motifs is 1. The molecule has 1 unspecified atom stereocenters. The van der Waals surface area contributed by atoms with E-state index in [0.29, 0.717) is 29.5 Å². The van der Waals surface area contributed by atoms with Gasteiger partial charge in [0.1, 0.15) is 12.0 Å². The van der Waals surface area contributed by atoms with Gasteiger partial charge in [-0.05, 0) is 50.1 Å². The van der Waals surface area contributed by atoms with Crippen molar-refractivity contribution < 1.29 is 14.4 Å². The highest BCUT2D eigenvalue weighted by Crippen LogP contribution is 2.23. The Hall–Kier alpha value is -3.96. The predicted molar refractivity (Wildman–Crippen MR) is 118 cm³/mol. The Kier molecular flexibility index (Phi) is 5.87. The molecule has 33 heavy (non-hydrogen) atoms. The molecule has 1 atom stereocenters. The molecule has 1 aliphatic heterocycles. The Morgan fingerprint density at radius 2 is 2.06 bits per heavy atom. The standard InChI is InChI=1S/C22H22N8O3/c1-14-20(30-18(26-14)12-23-13-25-30)17-9-10-24-22(28-17)27-16-7-5-15(6-8-16)21(31)29-33-19-4-2-3-11-32-19/h5-10,12-13,19H,2-4,11H2,1H3,(H,29,31)(H,24,27,28). The monoisotopic (exact) mass is 446 g/mol. The van der Waals surface area contributed by atoms with Crippen molar-refractivity contribution in [3.8, 4) is 11.4 Å². The zero-order valence-corrected chi connectivity index (χ0v) is 17.9. The third-order valence-electron chi connectivity index (χ3n) is 5.20. The molecular formula is C22H22N8O3. The predicted octanol–water partition coefficient (Wildman–Crippen LogP) is 2.82. The van der Waals surface area contributed by atoms with E-state index in [0.717, 1.165) is 36.3 Å². The molecule has 4 aromatic rings. The van der Waals surface area contributed by atoms with Crippen molar-refractivity contribution in [3.63, 3.8) is 0 Å². The molecule has 11 nitrogen and oxygen atoms in total. The number of hydrogen-bond acceptors (Lipinski definition) is 9. The Labute approximate surface area is 189 Å². The van der Waals surface area contributed by atoms with Crippen LogP contribution < -0.4 is 10.8 Å². The van der Waals surface area contributed by atoms with Crippen LogP contribution >= 0.6 is 0 Å². The second kappa shape index (κ2) is 9.27. The summed E-state index contributed by atoms with van der Waals surface area (Å²) in [4.78, 5) is 35.0. The van der Waals surface area contributed by atoms with Crippen LogP contribution in [-0.2, 0) is 9.57 Å². The summed E-state index contributed by atoms with van der Waals surface area (Å²) in [6.07, 6.45) is 7.19. The van der Waals surface area contributed by atoms with Gasteiger partial charge in [-0.3, -0.25) is 4.79 Å². The van der Waals surface area contributed by atoms with E-state index in [9.17, 15) is 4.79 Å². The van der Waals surface area contributed by atoms with Crippen molar-refractivity contribution in [2.24, 2.45) is 0 Å². The van der Waals surface area contributed by atoms with Gasteiger partial charge < -0.3 is 10.1 Å². The number of ether oxygens (including phenoxy) is 1. The molecular weight excluding hydrogens is 424 g/mol. The first-order valence-electron chi connectivity index (χ1n) is 10.6. The van der Waals surface area contributed by atoms with Crippen LogP contribution in [-0.4, -0.2) is 48.4 Å². The first-order valence-corrected chi connectivity index (χ1v) is 10.6. The fraction of sp³-hybridized carbons (Fsp3) is 0.273. The van der Waals surface area contributed by atoms with Gasteiger partial charge in [-0.25, -0.2) is 34.8 Å². The third kappa shape index (κ3) is 4.64. The summed E-state index contributed by atoms with van der Waals surface area (Å²) < 4.78 is 7.14. The number of hydroxylamine groups is 1. The van der Waals surface area contributed by atoms with E-state index in [4.69, 9.17) is 9.57 Å². The molecule has 0 aliphatic carbocycles. The van der Waals surface area contributed by atoms with E-state index in [-0.39, 0.29) is 5.91 Å². The Balaban J connectivity index is 1.27. The second-order valence-electron chi connectivity index (χ2n) is 7.54. The number of aryl methyl sites for hydroxylation is 1. The average Bonchev–Trinajstić information content (AvgIpc) is 3.19. The van der Waals surface area contributed by atoms with Gasteiger partial charge in [0, 0.05) is 30.5 Å². The molecule has 11 heteroatoms. The van der Waals surface area contributed by atoms with Crippen LogP contribution in [0, 0.1) is 6.92 Å². The number of aromatic nitrogens is 6. The van der Waals surface area contributed by atoms with E-state index in [1.807, 2.05) is 6.92 Å². The molecule has 1 saturated heterocycles. The maximum absolute atomic E-state index is 12.3. The highest BCUT2D eigenvalue weighted by atomic mass is 16.8. The Morgan fingerprint density at radius 1 is 1.18 bits per heavy atom. The second-order valence-corrected chi connectivity index (χ2v) is 7.54. The fourth-order valence-electron chi connectivity index (χ4n) is 3.58. The van der Waals surface area contributed by atoms with E-state index < -0.39 is 6.29 Å². The Bertz CT molecular complexity index is 1270. The number of anilines is 2. The molecule has 5 rings (SSSR count). The lowest BCUT2D eigenvalue weighted by Crippen LogP contribution is -2.33. The zero-order chi connectivity index (χ0) is 22.6. The molecule has 2 N–H and O–H groups in total. The molecule has 0 spiro atoms. The van der Waals surface area contributed by atoms with Gasteiger partial charge in [-0.1, -0.05) is 0 Å². The topological polar surface area (TPSA) is 128 Å².